The van der Waals surface area contributed by atoms with Gasteiger partial charge in [-0.15, -0.1) is 0 Å². The number of nitrogens with two attached hydrogens (primary N) is 1. The third kappa shape index (κ3) is 2.31. The van der Waals surface area contributed by atoms with E-state index in [-0.39, 0.29) is 17.3 Å². The first-order valence-corrected chi connectivity index (χ1v) is 4.87. The van der Waals surface area contributed by atoms with Crippen LogP contribution in [0.1, 0.15) is 0 Å². The minimum atomic E-state index is -1.49. The summed E-state index contributed by atoms with van der Waals surface area (Å²) in [5, 5.41) is 12.5. The lowest BCUT2D eigenvalue weighted by molar-refractivity contribution is 0.140. The lowest BCUT2D eigenvalue weighted by atomic mass is 10.1. The van der Waals surface area contributed by atoms with Crippen molar-refractivity contribution >= 4 is 23.6 Å². The van der Waals surface area contributed by atoms with Crippen molar-refractivity contribution in [3.8, 4) is 17.0 Å². The predicted molar refractivity (Wildman–Crippen MR) is 60.0 cm³/mol. The van der Waals surface area contributed by atoms with Gasteiger partial charge >= 0.3 is 6.16 Å². The molecule has 1 heterocycles. The number of carboxylic acid groups (broad SMARTS) is 1. The van der Waals surface area contributed by atoms with Gasteiger partial charge in [-0.25, -0.2) is 4.79 Å². The van der Waals surface area contributed by atoms with Crippen molar-refractivity contribution in [1.29, 1.82) is 0 Å². The number of carbonyl (C=O) groups is 1. The Morgan fingerprint density at radius 1 is 1.41 bits per heavy atom. The van der Waals surface area contributed by atoms with Gasteiger partial charge in [0.1, 0.15) is 5.56 Å². The summed E-state index contributed by atoms with van der Waals surface area (Å²) in [6.07, 6.45) is -1.49. The van der Waals surface area contributed by atoms with Crippen LogP contribution in [-0.4, -0.2) is 16.4 Å². The van der Waals surface area contributed by atoms with Crippen molar-refractivity contribution in [3.05, 3.63) is 29.3 Å². The van der Waals surface area contributed by atoms with Gasteiger partial charge < -0.3 is 20.1 Å². The van der Waals surface area contributed by atoms with Crippen LogP contribution >= 0.6 is 11.6 Å². The molecule has 0 aliphatic carbocycles. The van der Waals surface area contributed by atoms with Gasteiger partial charge in [0, 0.05) is 5.02 Å². The molecule has 0 radical (unpaired) electrons. The van der Waals surface area contributed by atoms with Gasteiger partial charge in [-0.2, -0.15) is 0 Å². The molecular formula is C10H7ClN2O4. The predicted octanol–water partition coefficient (Wildman–Crippen LogP) is 2.63. The third-order valence-electron chi connectivity index (χ3n) is 2.00. The molecule has 2 aromatic rings. The monoisotopic (exact) mass is 254 g/mol. The van der Waals surface area contributed by atoms with Gasteiger partial charge in [0.05, 0.1) is 0 Å². The second-order valence-electron chi connectivity index (χ2n) is 3.10. The van der Waals surface area contributed by atoms with Crippen LogP contribution in [-0.2, 0) is 0 Å². The molecule has 1 aromatic carbocycles. The molecule has 0 saturated heterocycles. The van der Waals surface area contributed by atoms with Crippen molar-refractivity contribution in [1.82, 2.24) is 5.16 Å². The normalized spacial score (nSPS) is 10.2. The topological polar surface area (TPSA) is 98.6 Å². The number of hydrogen-bond acceptors (Lipinski definition) is 5. The highest BCUT2D eigenvalue weighted by atomic mass is 35.5. The van der Waals surface area contributed by atoms with Gasteiger partial charge in [-0.1, -0.05) is 23.7 Å². The minimum absolute atomic E-state index is 0.0245. The molecule has 0 fully saturated rings. The lowest BCUT2D eigenvalue weighted by Gasteiger charge is -2.01. The molecule has 1 aromatic heterocycles. The van der Waals surface area contributed by atoms with E-state index in [9.17, 15) is 4.79 Å². The van der Waals surface area contributed by atoms with E-state index >= 15 is 0 Å². The molecule has 0 atom stereocenters. The maximum atomic E-state index is 10.4. The third-order valence-corrected chi connectivity index (χ3v) is 2.26. The van der Waals surface area contributed by atoms with Gasteiger partial charge in [0.15, 0.2) is 0 Å². The standard InChI is InChI=1S/C10H7ClN2O4/c11-6-3-1-5(2-4-6)7-8(12)17-13-9(7)16-10(14)15/h1-4H,12H2,(H,14,15). The Hall–Kier alpha value is -2.21. The van der Waals surface area contributed by atoms with E-state index in [0.29, 0.717) is 10.6 Å². The molecule has 88 valence electrons. The zero-order chi connectivity index (χ0) is 12.4. The Morgan fingerprint density at radius 2 is 2.06 bits per heavy atom. The Kier molecular flexibility index (Phi) is 2.88. The fourth-order valence-electron chi connectivity index (χ4n) is 1.32. The van der Waals surface area contributed by atoms with E-state index in [0.717, 1.165) is 0 Å². The summed E-state index contributed by atoms with van der Waals surface area (Å²) in [6, 6.07) is 6.57. The fraction of sp³-hybridized carbons (Fsp3) is 0. The van der Waals surface area contributed by atoms with Crippen LogP contribution in [0.4, 0.5) is 10.7 Å². The van der Waals surface area contributed by atoms with Gasteiger partial charge in [0.25, 0.3) is 5.88 Å². The molecule has 6 nitrogen and oxygen atoms in total. The number of nitrogen functional groups attached to an aromatic ring is 1. The molecule has 0 unspecified atom stereocenters. The Bertz CT molecular complexity index is 550. The minimum Gasteiger partial charge on any atom is -0.449 e. The van der Waals surface area contributed by atoms with E-state index in [1.165, 1.54) is 0 Å². The van der Waals surface area contributed by atoms with Gasteiger partial charge in [0.2, 0.25) is 5.88 Å². The number of anilines is 1. The van der Waals surface area contributed by atoms with Crippen LogP contribution in [0.2, 0.25) is 5.02 Å². The number of aromatic nitrogens is 1. The molecule has 0 bridgehead atoms. The van der Waals surface area contributed by atoms with E-state index in [1.807, 2.05) is 0 Å². The largest absolute Gasteiger partial charge is 0.512 e. The first-order chi connectivity index (χ1) is 8.08. The number of ether oxygens (including phenoxy) is 1. The number of benzene rings is 1. The fourth-order valence-corrected chi connectivity index (χ4v) is 1.45. The second kappa shape index (κ2) is 4.34. The van der Waals surface area contributed by atoms with E-state index in [2.05, 4.69) is 14.4 Å². The molecule has 17 heavy (non-hydrogen) atoms. The molecule has 0 amide bonds. The Balaban J connectivity index is 2.46. The highest BCUT2D eigenvalue weighted by Gasteiger charge is 2.19. The van der Waals surface area contributed by atoms with E-state index in [4.69, 9.17) is 22.4 Å². The molecule has 0 saturated carbocycles. The van der Waals surface area contributed by atoms with Crippen LogP contribution in [0, 0.1) is 0 Å². The SMILES string of the molecule is Nc1onc(OC(=O)O)c1-c1ccc(Cl)cc1. The van der Waals surface area contributed by atoms with Crippen LogP contribution in [0.15, 0.2) is 28.8 Å². The molecule has 7 heteroatoms. The van der Waals surface area contributed by atoms with Crippen molar-refractivity contribution in [3.63, 3.8) is 0 Å². The molecule has 0 spiro atoms. The number of nitrogens with zero attached hydrogens (tertiary/aromatic N) is 1. The average Bonchev–Trinajstić information content (AvgIpc) is 2.61. The number of hydrogen-bond donors (Lipinski definition) is 2. The summed E-state index contributed by atoms with van der Waals surface area (Å²) in [4.78, 5) is 10.4. The Morgan fingerprint density at radius 3 is 2.65 bits per heavy atom. The lowest BCUT2D eigenvalue weighted by Crippen LogP contribution is -2.04. The smallest absolute Gasteiger partial charge is 0.449 e. The summed E-state index contributed by atoms with van der Waals surface area (Å²) in [6.45, 7) is 0. The Labute approximate surface area is 101 Å². The molecule has 0 aliphatic heterocycles. The first-order valence-electron chi connectivity index (χ1n) is 4.50. The summed E-state index contributed by atoms with van der Waals surface area (Å²) in [7, 11) is 0. The van der Waals surface area contributed by atoms with Gasteiger partial charge in [-0.05, 0) is 22.9 Å². The van der Waals surface area contributed by atoms with E-state index < -0.39 is 6.16 Å². The zero-order valence-electron chi connectivity index (χ0n) is 8.38. The maximum Gasteiger partial charge on any atom is 0.512 e. The number of halogens is 1. The van der Waals surface area contributed by atoms with Crippen molar-refractivity contribution in [2.45, 2.75) is 0 Å². The molecule has 2 rings (SSSR count). The zero-order valence-corrected chi connectivity index (χ0v) is 9.14. The summed E-state index contributed by atoms with van der Waals surface area (Å²) < 4.78 is 9.14. The molecule has 0 aliphatic rings. The summed E-state index contributed by atoms with van der Waals surface area (Å²) in [5.41, 5.74) is 6.43. The van der Waals surface area contributed by atoms with Gasteiger partial charge in [-0.3, -0.25) is 0 Å². The summed E-state index contributed by atoms with van der Waals surface area (Å²) >= 11 is 5.74. The number of rotatable bonds is 2. The van der Waals surface area contributed by atoms with Crippen LogP contribution < -0.4 is 10.5 Å². The quantitative estimate of drug-likeness (QED) is 0.799. The first kappa shape index (κ1) is 11.3. The molecular weight excluding hydrogens is 248 g/mol. The van der Waals surface area contributed by atoms with Crippen molar-refractivity contribution in [2.75, 3.05) is 5.73 Å². The summed E-state index contributed by atoms with van der Waals surface area (Å²) in [5.74, 6) is -0.221. The second-order valence-corrected chi connectivity index (χ2v) is 3.54. The van der Waals surface area contributed by atoms with E-state index in [1.54, 1.807) is 24.3 Å². The highest BCUT2D eigenvalue weighted by molar-refractivity contribution is 6.30. The van der Waals surface area contributed by atoms with Crippen LogP contribution in [0.5, 0.6) is 5.88 Å². The van der Waals surface area contributed by atoms with Crippen molar-refractivity contribution < 1.29 is 19.2 Å². The average molecular weight is 255 g/mol. The van der Waals surface area contributed by atoms with Crippen LogP contribution in [0.3, 0.4) is 0 Å². The van der Waals surface area contributed by atoms with Crippen LogP contribution in [0.25, 0.3) is 11.1 Å². The molecule has 3 N–H and O–H groups in total. The van der Waals surface area contributed by atoms with Crippen molar-refractivity contribution in [2.24, 2.45) is 0 Å². The highest BCUT2D eigenvalue weighted by Crippen LogP contribution is 2.35. The maximum absolute atomic E-state index is 10.4.